The molecule has 4 aliphatic rings. The maximum Gasteiger partial charge on any atom is 0.423 e. The van der Waals surface area contributed by atoms with Gasteiger partial charge in [0.05, 0.1) is 23.4 Å². The number of ether oxygens (including phenoxy) is 1. The van der Waals surface area contributed by atoms with Crippen molar-refractivity contribution in [3.8, 4) is 5.75 Å². The fraction of sp³-hybridized carbons (Fsp3) is 0.320. The predicted octanol–water partition coefficient (Wildman–Crippen LogP) is 3.23. The number of fused-ring (bicyclic) bond motifs is 3. The van der Waals surface area contributed by atoms with Crippen LogP contribution >= 0.6 is 15.9 Å². The third-order valence-corrected chi connectivity index (χ3v) is 7.86. The molecule has 9 heteroatoms. The van der Waals surface area contributed by atoms with Crippen molar-refractivity contribution in [2.75, 3.05) is 7.11 Å². The molecule has 8 nitrogen and oxygen atoms in total. The van der Waals surface area contributed by atoms with Gasteiger partial charge in [0, 0.05) is 28.7 Å². The Kier molecular flexibility index (Phi) is 5.20. The van der Waals surface area contributed by atoms with E-state index < -0.39 is 41.6 Å². The zero-order valence-electron chi connectivity index (χ0n) is 18.3. The third-order valence-electron chi connectivity index (χ3n) is 7.27. The molecule has 4 atom stereocenters. The van der Waals surface area contributed by atoms with Crippen LogP contribution in [0.2, 0.25) is 0 Å². The van der Waals surface area contributed by atoms with Gasteiger partial charge in [-0.05, 0) is 47.2 Å². The molecular weight excluding hydrogens is 506 g/mol. The van der Waals surface area contributed by atoms with Crippen LogP contribution in [0, 0.1) is 24.7 Å². The lowest BCUT2D eigenvalue weighted by Crippen LogP contribution is -2.40. The molecule has 1 fully saturated rings. The Labute approximate surface area is 203 Å². The van der Waals surface area contributed by atoms with Crippen LogP contribution in [0.25, 0.3) is 0 Å². The van der Waals surface area contributed by atoms with Gasteiger partial charge in [0.2, 0.25) is 11.8 Å². The second-order valence-corrected chi connectivity index (χ2v) is 9.74. The van der Waals surface area contributed by atoms with Gasteiger partial charge < -0.3 is 9.84 Å². The first-order valence-corrected chi connectivity index (χ1v) is 11.6. The lowest BCUT2D eigenvalue weighted by Gasteiger charge is -2.42. The van der Waals surface area contributed by atoms with E-state index in [-0.39, 0.29) is 45.8 Å². The van der Waals surface area contributed by atoms with E-state index >= 15 is 0 Å². The molecule has 34 heavy (non-hydrogen) atoms. The van der Waals surface area contributed by atoms with E-state index in [1.807, 2.05) is 6.08 Å². The van der Waals surface area contributed by atoms with Crippen molar-refractivity contribution in [3.05, 3.63) is 62.7 Å². The van der Waals surface area contributed by atoms with E-state index in [2.05, 4.69) is 20.7 Å². The standard InChI is InChI=1S/C25H20BrNO7/c1-10-4-3-5-12(21(10)29)18-11-6-7-13-19(24(32)27(23(13)31)25(33)34-2)14(11)8-15-20(18)17(28)9-16(26)22(15)30/h3-6,9,13-14,18-19,29H,7-8H2,1-2H3. The molecule has 0 aromatic heterocycles. The summed E-state index contributed by atoms with van der Waals surface area (Å²) in [5, 5.41) is 10.9. The van der Waals surface area contributed by atoms with Crippen LogP contribution in [-0.4, -0.2) is 46.6 Å². The highest BCUT2D eigenvalue weighted by Gasteiger charge is 2.58. The summed E-state index contributed by atoms with van der Waals surface area (Å²) in [6.07, 6.45) is 2.29. The van der Waals surface area contributed by atoms with Crippen LogP contribution in [0.4, 0.5) is 4.79 Å². The average Bonchev–Trinajstić information content (AvgIpc) is 3.07. The molecule has 0 bridgehead atoms. The first-order chi connectivity index (χ1) is 16.2. The summed E-state index contributed by atoms with van der Waals surface area (Å²) in [5.74, 6) is -4.99. The normalized spacial score (nSPS) is 28.3. The quantitative estimate of drug-likeness (QED) is 0.339. The number of rotatable bonds is 1. The summed E-state index contributed by atoms with van der Waals surface area (Å²) < 4.78 is 4.76. The fourth-order valence-electron chi connectivity index (χ4n) is 5.75. The topological polar surface area (TPSA) is 118 Å². The molecule has 1 aromatic carbocycles. The minimum absolute atomic E-state index is 0.00176. The van der Waals surface area contributed by atoms with Crippen LogP contribution < -0.4 is 0 Å². The average molecular weight is 526 g/mol. The molecule has 3 aliphatic carbocycles. The van der Waals surface area contributed by atoms with E-state index in [0.29, 0.717) is 21.6 Å². The third kappa shape index (κ3) is 2.99. The number of amides is 3. The molecule has 4 unspecified atom stereocenters. The summed E-state index contributed by atoms with van der Waals surface area (Å²) in [5.41, 5.74) is 2.28. The molecule has 3 amide bonds. The van der Waals surface area contributed by atoms with Gasteiger partial charge >= 0.3 is 6.09 Å². The van der Waals surface area contributed by atoms with Gasteiger partial charge in [-0.2, -0.15) is 4.90 Å². The SMILES string of the molecule is COC(=O)N1C(=O)C2CC=C3C(c4cccc(C)c4O)C4=C(CC3C2C1=O)C(=O)C(Br)=CC4=O. The highest BCUT2D eigenvalue weighted by molar-refractivity contribution is 9.12. The smallest absolute Gasteiger partial charge is 0.423 e. The van der Waals surface area contributed by atoms with Crippen molar-refractivity contribution in [3.63, 3.8) is 0 Å². The summed E-state index contributed by atoms with van der Waals surface area (Å²) in [6, 6.07) is 5.18. The number of phenols is 1. The summed E-state index contributed by atoms with van der Waals surface area (Å²) >= 11 is 3.16. The molecule has 174 valence electrons. The molecule has 1 N–H and O–H groups in total. The number of nitrogens with zero attached hydrogens (tertiary/aromatic N) is 1. The molecule has 1 saturated heterocycles. The second-order valence-electron chi connectivity index (χ2n) is 8.89. The molecule has 0 spiro atoms. The Bertz CT molecular complexity index is 1300. The molecular formula is C25H20BrNO7. The highest BCUT2D eigenvalue weighted by Crippen LogP contribution is 2.56. The number of phenolic OH excluding ortho intramolecular Hbond substituents is 1. The van der Waals surface area contributed by atoms with E-state index in [4.69, 9.17) is 0 Å². The molecule has 1 aliphatic heterocycles. The second kappa shape index (κ2) is 7.87. The number of aryl methyl sites for hydroxylation is 1. The first kappa shape index (κ1) is 22.5. The Morgan fingerprint density at radius 2 is 1.88 bits per heavy atom. The van der Waals surface area contributed by atoms with Crippen molar-refractivity contribution in [1.29, 1.82) is 0 Å². The summed E-state index contributed by atoms with van der Waals surface area (Å²) in [6.45, 7) is 1.73. The van der Waals surface area contributed by atoms with Crippen LogP contribution in [0.1, 0.15) is 29.9 Å². The van der Waals surface area contributed by atoms with E-state index in [1.165, 1.54) is 6.08 Å². The minimum atomic E-state index is -1.04. The first-order valence-electron chi connectivity index (χ1n) is 10.8. The molecule has 1 heterocycles. The number of methoxy groups -OCH3 is 1. The maximum absolute atomic E-state index is 13.3. The number of hydrogen-bond acceptors (Lipinski definition) is 7. The fourth-order valence-corrected chi connectivity index (χ4v) is 6.20. The minimum Gasteiger partial charge on any atom is -0.507 e. The highest BCUT2D eigenvalue weighted by atomic mass is 79.9. The number of carbonyl (C=O) groups excluding carboxylic acids is 5. The monoisotopic (exact) mass is 525 g/mol. The van der Waals surface area contributed by atoms with Crippen LogP contribution in [0.3, 0.4) is 0 Å². The van der Waals surface area contributed by atoms with Crippen molar-refractivity contribution in [1.82, 2.24) is 4.90 Å². The van der Waals surface area contributed by atoms with E-state index in [9.17, 15) is 29.1 Å². The Morgan fingerprint density at radius 3 is 2.59 bits per heavy atom. The number of imide groups is 3. The van der Waals surface area contributed by atoms with Crippen molar-refractivity contribution >= 4 is 45.4 Å². The number of allylic oxidation sites excluding steroid dienone is 6. The number of carbonyl (C=O) groups is 5. The van der Waals surface area contributed by atoms with E-state index in [0.717, 1.165) is 7.11 Å². The predicted molar refractivity (Wildman–Crippen MR) is 122 cm³/mol. The van der Waals surface area contributed by atoms with Gasteiger partial charge in [-0.15, -0.1) is 0 Å². The van der Waals surface area contributed by atoms with E-state index in [1.54, 1.807) is 25.1 Å². The Balaban J connectivity index is 1.70. The van der Waals surface area contributed by atoms with Crippen molar-refractivity contribution < 1.29 is 33.8 Å². The summed E-state index contributed by atoms with van der Waals surface area (Å²) in [7, 11) is 1.10. The van der Waals surface area contributed by atoms with Gasteiger partial charge in [0.15, 0.2) is 11.6 Å². The molecule has 5 rings (SSSR count). The van der Waals surface area contributed by atoms with Gasteiger partial charge in [-0.1, -0.05) is 29.8 Å². The van der Waals surface area contributed by atoms with Crippen molar-refractivity contribution in [2.45, 2.75) is 25.7 Å². The lowest BCUT2D eigenvalue weighted by atomic mass is 9.59. The van der Waals surface area contributed by atoms with Gasteiger partial charge in [0.25, 0.3) is 0 Å². The zero-order chi connectivity index (χ0) is 24.5. The Morgan fingerprint density at radius 1 is 1.15 bits per heavy atom. The number of ketones is 2. The molecule has 1 aromatic rings. The number of para-hydroxylation sites is 1. The number of halogens is 1. The van der Waals surface area contributed by atoms with Crippen LogP contribution in [0.15, 0.2) is 51.6 Å². The Hall–Kier alpha value is -3.33. The number of benzene rings is 1. The molecule has 0 saturated carbocycles. The molecule has 0 radical (unpaired) electrons. The van der Waals surface area contributed by atoms with Gasteiger partial charge in [-0.3, -0.25) is 19.2 Å². The van der Waals surface area contributed by atoms with Crippen molar-refractivity contribution in [2.24, 2.45) is 17.8 Å². The number of Topliss-reactive ketones (excluding diaryl/α,β-unsaturated/α-hetero) is 1. The van der Waals surface area contributed by atoms with Crippen LogP contribution in [-0.2, 0) is 23.9 Å². The number of hydrogen-bond donors (Lipinski definition) is 1. The number of aromatic hydroxyl groups is 1. The van der Waals surface area contributed by atoms with Gasteiger partial charge in [-0.25, -0.2) is 4.79 Å². The summed E-state index contributed by atoms with van der Waals surface area (Å²) in [4.78, 5) is 65.2. The van der Waals surface area contributed by atoms with Crippen LogP contribution in [0.5, 0.6) is 5.75 Å². The zero-order valence-corrected chi connectivity index (χ0v) is 19.9. The maximum atomic E-state index is 13.3. The van der Waals surface area contributed by atoms with Gasteiger partial charge in [0.1, 0.15) is 5.75 Å². The largest absolute Gasteiger partial charge is 0.507 e. The lowest BCUT2D eigenvalue weighted by molar-refractivity contribution is -0.137. The number of likely N-dealkylation sites (tertiary alicyclic amines) is 1.